The molecule has 0 saturated carbocycles. The topological polar surface area (TPSA) is 65.2 Å². The summed E-state index contributed by atoms with van der Waals surface area (Å²) in [5, 5.41) is 16.2. The van der Waals surface area contributed by atoms with Crippen molar-refractivity contribution in [1.82, 2.24) is 24.8 Å². The number of methoxy groups -OCH3 is 1. The van der Waals surface area contributed by atoms with E-state index in [1.807, 2.05) is 29.5 Å². The molecule has 86 valence electrons. The van der Waals surface area contributed by atoms with E-state index in [0.717, 1.165) is 29.0 Å². The number of hydrogen-bond acceptors (Lipinski definition) is 5. The molecule has 17 heavy (non-hydrogen) atoms. The lowest BCUT2D eigenvalue weighted by atomic mass is 10.3. The number of nitrogens with zero attached hydrogens (tertiary/aromatic N) is 5. The van der Waals surface area contributed by atoms with Crippen LogP contribution in [0.2, 0.25) is 0 Å². The van der Waals surface area contributed by atoms with Crippen LogP contribution in [0.15, 0.2) is 18.2 Å². The van der Waals surface area contributed by atoms with Gasteiger partial charge in [-0.3, -0.25) is 4.40 Å². The maximum absolute atomic E-state index is 5.16. The average molecular weight is 229 g/mol. The predicted molar refractivity (Wildman–Crippen MR) is 62.0 cm³/mol. The standard InChI is InChI=1S/C11H11N5O/c1-3-10-13-15-11-14-12-8-6-7(17-2)4-5-9(8)16(10)11/h4-6H,3H2,1-2H3. The molecule has 0 fully saturated rings. The zero-order valence-corrected chi connectivity index (χ0v) is 9.58. The van der Waals surface area contributed by atoms with Crippen LogP contribution in [-0.2, 0) is 6.42 Å². The SMILES string of the molecule is CCc1nnc2nnc3cc(OC)ccc3n12. The van der Waals surface area contributed by atoms with E-state index in [9.17, 15) is 0 Å². The summed E-state index contributed by atoms with van der Waals surface area (Å²) in [7, 11) is 1.63. The van der Waals surface area contributed by atoms with Crippen molar-refractivity contribution < 1.29 is 4.74 Å². The van der Waals surface area contributed by atoms with Crippen molar-refractivity contribution >= 4 is 16.8 Å². The van der Waals surface area contributed by atoms with Crippen molar-refractivity contribution in [2.45, 2.75) is 13.3 Å². The smallest absolute Gasteiger partial charge is 0.274 e. The van der Waals surface area contributed by atoms with Crippen molar-refractivity contribution in [1.29, 1.82) is 0 Å². The van der Waals surface area contributed by atoms with Gasteiger partial charge in [0.15, 0.2) is 0 Å². The van der Waals surface area contributed by atoms with Crippen LogP contribution in [0, 0.1) is 0 Å². The molecule has 6 heteroatoms. The minimum absolute atomic E-state index is 0.527. The van der Waals surface area contributed by atoms with E-state index in [2.05, 4.69) is 20.4 Å². The molecule has 1 aromatic carbocycles. The summed E-state index contributed by atoms with van der Waals surface area (Å²) in [5.41, 5.74) is 1.71. The minimum atomic E-state index is 0.527. The fourth-order valence-corrected chi connectivity index (χ4v) is 1.85. The molecule has 6 nitrogen and oxygen atoms in total. The second kappa shape index (κ2) is 3.65. The van der Waals surface area contributed by atoms with Crippen LogP contribution in [0.3, 0.4) is 0 Å². The van der Waals surface area contributed by atoms with E-state index in [1.54, 1.807) is 7.11 Å². The van der Waals surface area contributed by atoms with Gasteiger partial charge in [-0.25, -0.2) is 0 Å². The lowest BCUT2D eigenvalue weighted by Crippen LogP contribution is -1.99. The second-order valence-electron chi connectivity index (χ2n) is 3.66. The number of hydrogen-bond donors (Lipinski definition) is 0. The monoisotopic (exact) mass is 229 g/mol. The molecule has 0 atom stereocenters. The number of aryl methyl sites for hydroxylation is 1. The Balaban J connectivity index is 2.42. The third kappa shape index (κ3) is 1.41. The molecule has 0 saturated heterocycles. The zero-order valence-electron chi connectivity index (χ0n) is 9.58. The van der Waals surface area contributed by atoms with E-state index < -0.39 is 0 Å². The maximum Gasteiger partial charge on any atom is 0.274 e. The van der Waals surface area contributed by atoms with E-state index in [1.165, 1.54) is 0 Å². The summed E-state index contributed by atoms with van der Waals surface area (Å²) in [4.78, 5) is 0. The van der Waals surface area contributed by atoms with Gasteiger partial charge in [0.25, 0.3) is 5.78 Å². The van der Waals surface area contributed by atoms with Gasteiger partial charge >= 0.3 is 0 Å². The first-order chi connectivity index (χ1) is 8.33. The summed E-state index contributed by atoms with van der Waals surface area (Å²) in [6, 6.07) is 5.68. The van der Waals surface area contributed by atoms with Gasteiger partial charge in [-0.05, 0) is 12.1 Å². The fourth-order valence-electron chi connectivity index (χ4n) is 1.85. The number of rotatable bonds is 2. The quantitative estimate of drug-likeness (QED) is 0.661. The van der Waals surface area contributed by atoms with Crippen molar-refractivity contribution in [2.75, 3.05) is 7.11 Å². The molecule has 0 radical (unpaired) electrons. The summed E-state index contributed by atoms with van der Waals surface area (Å²) in [6.45, 7) is 2.03. The first-order valence-corrected chi connectivity index (χ1v) is 5.38. The molecule has 2 aromatic heterocycles. The highest BCUT2D eigenvalue weighted by Gasteiger charge is 2.09. The van der Waals surface area contributed by atoms with Crippen molar-refractivity contribution in [3.05, 3.63) is 24.0 Å². The lowest BCUT2D eigenvalue weighted by molar-refractivity contribution is 0.415. The molecule has 0 bridgehead atoms. The highest BCUT2D eigenvalue weighted by Crippen LogP contribution is 2.19. The van der Waals surface area contributed by atoms with Gasteiger partial charge in [0, 0.05) is 12.5 Å². The van der Waals surface area contributed by atoms with Gasteiger partial charge in [0.1, 0.15) is 17.1 Å². The number of fused-ring (bicyclic) bond motifs is 3. The Hall–Kier alpha value is -2.24. The third-order valence-corrected chi connectivity index (χ3v) is 2.70. The van der Waals surface area contributed by atoms with Gasteiger partial charge in [-0.15, -0.1) is 20.4 Å². The molecule has 2 heterocycles. The van der Waals surface area contributed by atoms with Crippen LogP contribution < -0.4 is 4.74 Å². The van der Waals surface area contributed by atoms with Gasteiger partial charge in [-0.2, -0.15) is 0 Å². The third-order valence-electron chi connectivity index (χ3n) is 2.70. The van der Waals surface area contributed by atoms with Crippen LogP contribution in [0.4, 0.5) is 0 Å². The van der Waals surface area contributed by atoms with Crippen LogP contribution >= 0.6 is 0 Å². The van der Waals surface area contributed by atoms with E-state index >= 15 is 0 Å². The Morgan fingerprint density at radius 1 is 1.18 bits per heavy atom. The Morgan fingerprint density at radius 3 is 2.76 bits per heavy atom. The van der Waals surface area contributed by atoms with Gasteiger partial charge in [0.2, 0.25) is 0 Å². The molecule has 0 spiro atoms. The molecule has 0 aliphatic carbocycles. The average Bonchev–Trinajstić information content (AvgIpc) is 2.81. The van der Waals surface area contributed by atoms with Crippen molar-refractivity contribution in [3.8, 4) is 5.75 Å². The predicted octanol–water partition coefficient (Wildman–Crippen LogP) is 1.24. The molecule has 0 aliphatic heterocycles. The molecular weight excluding hydrogens is 218 g/mol. The molecule has 0 aliphatic rings. The first-order valence-electron chi connectivity index (χ1n) is 5.38. The Morgan fingerprint density at radius 2 is 2.00 bits per heavy atom. The Bertz CT molecular complexity index is 691. The molecule has 3 rings (SSSR count). The Kier molecular flexibility index (Phi) is 2.14. The number of benzene rings is 1. The van der Waals surface area contributed by atoms with Gasteiger partial charge < -0.3 is 4.74 Å². The van der Waals surface area contributed by atoms with Gasteiger partial charge in [-0.1, -0.05) is 6.92 Å². The molecular formula is C11H11N5O. The zero-order chi connectivity index (χ0) is 11.8. The molecule has 0 N–H and O–H groups in total. The maximum atomic E-state index is 5.16. The number of ether oxygens (including phenoxy) is 1. The van der Waals surface area contributed by atoms with Crippen LogP contribution in [0.5, 0.6) is 5.75 Å². The highest BCUT2D eigenvalue weighted by molar-refractivity contribution is 5.77. The highest BCUT2D eigenvalue weighted by atomic mass is 16.5. The Labute approximate surface area is 97.3 Å². The summed E-state index contributed by atoms with van der Waals surface area (Å²) in [6.07, 6.45) is 0.800. The van der Waals surface area contributed by atoms with Gasteiger partial charge in [0.05, 0.1) is 12.6 Å². The van der Waals surface area contributed by atoms with Crippen molar-refractivity contribution in [2.24, 2.45) is 0 Å². The normalized spacial score (nSPS) is 11.2. The van der Waals surface area contributed by atoms with Crippen molar-refractivity contribution in [3.63, 3.8) is 0 Å². The molecule has 0 unspecified atom stereocenters. The van der Waals surface area contributed by atoms with E-state index in [4.69, 9.17) is 4.74 Å². The summed E-state index contributed by atoms with van der Waals surface area (Å²) in [5.74, 6) is 2.17. The van der Waals surface area contributed by atoms with Crippen LogP contribution in [-0.4, -0.2) is 31.9 Å². The van der Waals surface area contributed by atoms with E-state index in [-0.39, 0.29) is 0 Å². The van der Waals surface area contributed by atoms with E-state index in [0.29, 0.717) is 5.78 Å². The largest absolute Gasteiger partial charge is 0.497 e. The summed E-state index contributed by atoms with van der Waals surface area (Å²) >= 11 is 0. The number of aromatic nitrogens is 5. The minimum Gasteiger partial charge on any atom is -0.497 e. The van der Waals surface area contributed by atoms with Crippen LogP contribution in [0.25, 0.3) is 16.8 Å². The lowest BCUT2D eigenvalue weighted by Gasteiger charge is -2.04. The molecule has 3 aromatic rings. The van der Waals surface area contributed by atoms with Crippen LogP contribution in [0.1, 0.15) is 12.7 Å². The fraction of sp³-hybridized carbons (Fsp3) is 0.273. The molecule has 0 amide bonds. The first kappa shape index (κ1) is 9.95. The summed E-state index contributed by atoms with van der Waals surface area (Å²) < 4.78 is 7.08. The second-order valence-corrected chi connectivity index (χ2v) is 3.66.